The molecule has 10 rings (SSSR count). The SMILES string of the molecule is O=C(NC1CCCCC1)C1c2cccc(c2)-c2ccc(cc2)OCc2cn(nn2)CCOc2ccc(cc2)CC(=O)N1c1ccc(C(F)(F)F)cc1. The Labute approximate surface area is 299 Å². The third kappa shape index (κ3) is 8.28. The highest BCUT2D eigenvalue weighted by atomic mass is 19.4. The first-order valence-corrected chi connectivity index (χ1v) is 17.4. The van der Waals surface area contributed by atoms with Gasteiger partial charge in [-0.15, -0.1) is 5.10 Å². The summed E-state index contributed by atoms with van der Waals surface area (Å²) >= 11 is 0. The van der Waals surface area contributed by atoms with Gasteiger partial charge in [0.25, 0.3) is 0 Å². The second-order valence-electron chi connectivity index (χ2n) is 13.1. The number of halogens is 3. The second kappa shape index (κ2) is 15.3. The van der Waals surface area contributed by atoms with E-state index >= 15 is 0 Å². The summed E-state index contributed by atoms with van der Waals surface area (Å²) in [6.45, 7) is 0.997. The fourth-order valence-electron chi connectivity index (χ4n) is 6.72. The van der Waals surface area contributed by atoms with Crippen LogP contribution in [0.4, 0.5) is 18.9 Å². The van der Waals surface area contributed by atoms with E-state index in [-0.39, 0.29) is 24.8 Å². The van der Waals surface area contributed by atoms with Crippen LogP contribution in [0, 0.1) is 0 Å². The van der Waals surface area contributed by atoms with E-state index in [2.05, 4.69) is 15.6 Å². The minimum Gasteiger partial charge on any atom is -0.492 e. The number of hydrogen-bond donors (Lipinski definition) is 1. The largest absolute Gasteiger partial charge is 0.492 e. The van der Waals surface area contributed by atoms with Crippen LogP contribution in [0.5, 0.6) is 11.5 Å². The molecular weight excluding hydrogens is 671 g/mol. The molecule has 1 aliphatic carbocycles. The predicted molar refractivity (Wildman–Crippen MR) is 189 cm³/mol. The fraction of sp³-hybridized carbons (Fsp3) is 0.300. The maximum atomic E-state index is 14.5. The summed E-state index contributed by atoms with van der Waals surface area (Å²) in [5, 5.41) is 11.5. The molecule has 5 heterocycles. The zero-order valence-corrected chi connectivity index (χ0v) is 28.4. The van der Waals surface area contributed by atoms with Crippen molar-refractivity contribution in [2.75, 3.05) is 11.5 Å². The number of alkyl halides is 3. The van der Waals surface area contributed by atoms with Crippen molar-refractivity contribution in [1.29, 1.82) is 0 Å². The number of benzene rings is 4. The molecule has 1 unspecified atom stereocenters. The number of aromatic nitrogens is 3. The van der Waals surface area contributed by atoms with E-state index in [9.17, 15) is 22.8 Å². The molecule has 268 valence electrons. The van der Waals surface area contributed by atoms with Gasteiger partial charge >= 0.3 is 6.18 Å². The molecule has 0 radical (unpaired) electrons. The molecule has 1 atom stereocenters. The molecule has 1 fully saturated rings. The molecule has 4 aromatic carbocycles. The molecule has 1 saturated carbocycles. The fourth-order valence-corrected chi connectivity index (χ4v) is 6.72. The van der Waals surface area contributed by atoms with Gasteiger partial charge in [0.2, 0.25) is 11.8 Å². The van der Waals surface area contributed by atoms with Gasteiger partial charge in [-0.2, -0.15) is 13.2 Å². The first-order valence-electron chi connectivity index (χ1n) is 17.4. The quantitative estimate of drug-likeness (QED) is 0.206. The van der Waals surface area contributed by atoms with Gasteiger partial charge in [-0.05, 0) is 89.7 Å². The molecule has 9 nitrogen and oxygen atoms in total. The maximum Gasteiger partial charge on any atom is 0.416 e. The molecule has 2 amide bonds. The lowest BCUT2D eigenvalue weighted by molar-refractivity contribution is -0.137. The van der Waals surface area contributed by atoms with Gasteiger partial charge in [-0.25, -0.2) is 4.68 Å². The van der Waals surface area contributed by atoms with Crippen LogP contribution in [0.15, 0.2) is 103 Å². The number of nitrogens with one attached hydrogen (secondary N) is 1. The van der Waals surface area contributed by atoms with Crippen LogP contribution in [-0.4, -0.2) is 39.5 Å². The Kier molecular flexibility index (Phi) is 10.2. The molecule has 1 aromatic heterocycles. The highest BCUT2D eigenvalue weighted by molar-refractivity contribution is 6.02. The van der Waals surface area contributed by atoms with Crippen LogP contribution in [0.2, 0.25) is 0 Å². The topological polar surface area (TPSA) is 98.6 Å². The smallest absolute Gasteiger partial charge is 0.416 e. The average molecular weight is 710 g/mol. The van der Waals surface area contributed by atoms with Crippen LogP contribution >= 0.6 is 0 Å². The van der Waals surface area contributed by atoms with Gasteiger partial charge in [0.05, 0.1) is 24.7 Å². The van der Waals surface area contributed by atoms with E-state index in [4.69, 9.17) is 9.47 Å². The van der Waals surface area contributed by atoms with Gasteiger partial charge in [-0.1, -0.05) is 66.9 Å². The van der Waals surface area contributed by atoms with Gasteiger partial charge in [0.1, 0.15) is 36.4 Å². The van der Waals surface area contributed by atoms with Crippen LogP contribution in [0.25, 0.3) is 11.1 Å². The highest BCUT2D eigenvalue weighted by Gasteiger charge is 2.36. The van der Waals surface area contributed by atoms with E-state index in [0.717, 1.165) is 55.4 Å². The van der Waals surface area contributed by atoms with Crippen molar-refractivity contribution in [3.05, 3.63) is 126 Å². The standard InChI is InChI=1S/C40H38F3N5O4/c41-40(42,43)31-13-15-34(16-14-31)48-37(49)23-27-9-17-35(18-10-27)51-22-21-47-25-33(45-46-47)26-52-36-19-11-28(12-20-36)29-5-4-6-30(24-29)38(48)39(50)44-32-7-2-1-3-8-32/h4-6,9-20,24-25,32,38H,1-3,7-8,21-23,26H2,(H,44,50). The number of carbonyl (C=O) groups excluding carboxylic acids is 2. The molecule has 8 bridgehead atoms. The van der Waals surface area contributed by atoms with E-state index in [1.807, 2.05) is 42.5 Å². The van der Waals surface area contributed by atoms with Crippen molar-refractivity contribution >= 4 is 17.5 Å². The number of ether oxygens (including phenoxy) is 2. The van der Waals surface area contributed by atoms with E-state index in [1.54, 1.807) is 41.2 Å². The Hall–Kier alpha value is -5.65. The number of rotatable bonds is 3. The van der Waals surface area contributed by atoms with Crippen molar-refractivity contribution in [3.8, 4) is 22.6 Å². The average Bonchev–Trinajstić information content (AvgIpc) is 3.61. The molecule has 5 aliphatic rings. The van der Waals surface area contributed by atoms with Crippen molar-refractivity contribution in [2.24, 2.45) is 0 Å². The number of hydrogen-bond acceptors (Lipinski definition) is 6. The summed E-state index contributed by atoms with van der Waals surface area (Å²) in [5.74, 6) is 0.363. The van der Waals surface area contributed by atoms with Crippen LogP contribution in [0.3, 0.4) is 0 Å². The monoisotopic (exact) mass is 709 g/mol. The van der Waals surface area contributed by atoms with Crippen molar-refractivity contribution in [2.45, 2.75) is 69.9 Å². The number of nitrogens with zero attached hydrogens (tertiary/aromatic N) is 4. The van der Waals surface area contributed by atoms with Gasteiger partial charge in [0.15, 0.2) is 0 Å². The Morgan fingerprint density at radius 3 is 2.27 bits per heavy atom. The van der Waals surface area contributed by atoms with Gasteiger partial charge in [-0.3, -0.25) is 14.5 Å². The minimum atomic E-state index is -4.57. The summed E-state index contributed by atoms with van der Waals surface area (Å²) in [6.07, 6.45) is 1.79. The van der Waals surface area contributed by atoms with Crippen LogP contribution in [0.1, 0.15) is 60.5 Å². The Balaban J connectivity index is 1.31. The summed E-state index contributed by atoms with van der Waals surface area (Å²) in [7, 11) is 0. The third-order valence-electron chi connectivity index (χ3n) is 9.43. The van der Waals surface area contributed by atoms with Crippen molar-refractivity contribution in [3.63, 3.8) is 0 Å². The Morgan fingerprint density at radius 2 is 1.54 bits per heavy atom. The minimum absolute atomic E-state index is 0.0723. The molecule has 1 N–H and O–H groups in total. The summed E-state index contributed by atoms with van der Waals surface area (Å²) in [4.78, 5) is 30.3. The summed E-state index contributed by atoms with van der Waals surface area (Å²) in [6, 6.07) is 25.0. The normalized spacial score (nSPS) is 17.3. The lowest BCUT2D eigenvalue weighted by Crippen LogP contribution is -2.47. The molecule has 12 heteroatoms. The van der Waals surface area contributed by atoms with Crippen LogP contribution < -0.4 is 19.7 Å². The third-order valence-corrected chi connectivity index (χ3v) is 9.43. The van der Waals surface area contributed by atoms with E-state index < -0.39 is 29.6 Å². The maximum absolute atomic E-state index is 14.5. The molecule has 52 heavy (non-hydrogen) atoms. The van der Waals surface area contributed by atoms with Crippen molar-refractivity contribution < 1.29 is 32.2 Å². The van der Waals surface area contributed by atoms with E-state index in [1.165, 1.54) is 17.0 Å². The van der Waals surface area contributed by atoms with Crippen molar-refractivity contribution in [1.82, 2.24) is 20.3 Å². The first kappa shape index (κ1) is 34.8. The predicted octanol–water partition coefficient (Wildman–Crippen LogP) is 7.70. The molecular formula is C40H38F3N5O4. The molecule has 0 saturated heterocycles. The lowest BCUT2D eigenvalue weighted by atomic mass is 9.93. The number of amides is 2. The first-order chi connectivity index (χ1) is 25.2. The molecule has 0 spiro atoms. The van der Waals surface area contributed by atoms with E-state index in [0.29, 0.717) is 41.5 Å². The second-order valence-corrected chi connectivity index (χ2v) is 13.1. The van der Waals surface area contributed by atoms with Gasteiger partial charge < -0.3 is 14.8 Å². The number of anilines is 1. The Bertz CT molecular complexity index is 1990. The molecule has 5 aromatic rings. The zero-order valence-electron chi connectivity index (χ0n) is 28.4. The molecule has 4 aliphatic heterocycles. The van der Waals surface area contributed by atoms with Gasteiger partial charge in [0, 0.05) is 11.7 Å². The zero-order chi connectivity index (χ0) is 36.1. The highest BCUT2D eigenvalue weighted by Crippen LogP contribution is 2.35. The number of carbonyl (C=O) groups is 2. The lowest BCUT2D eigenvalue weighted by Gasteiger charge is -2.34. The summed E-state index contributed by atoms with van der Waals surface area (Å²) < 4.78 is 54.5. The Morgan fingerprint density at radius 1 is 0.827 bits per heavy atom. The summed E-state index contributed by atoms with van der Waals surface area (Å²) in [5.41, 5.74) is 2.79. The van der Waals surface area contributed by atoms with Crippen LogP contribution in [-0.2, 0) is 35.3 Å².